The van der Waals surface area contributed by atoms with E-state index in [4.69, 9.17) is 9.68 Å². The lowest BCUT2D eigenvalue weighted by atomic mass is 10.2. The molecule has 0 atom stereocenters. The fraction of sp³-hybridized carbons (Fsp3) is 0.200. The summed E-state index contributed by atoms with van der Waals surface area (Å²) in [5, 5.41) is 18.2. The molecule has 142 valence electrons. The third kappa shape index (κ3) is 4.15. The molecule has 8 heteroatoms. The molecule has 0 aliphatic heterocycles. The van der Waals surface area contributed by atoms with E-state index in [1.807, 2.05) is 41.8 Å². The van der Waals surface area contributed by atoms with Crippen LogP contribution in [0.15, 0.2) is 64.9 Å². The fourth-order valence-electron chi connectivity index (χ4n) is 2.71. The number of hydrogen-bond acceptors (Lipinski definition) is 6. The Balaban J connectivity index is 1.79. The Kier molecular flexibility index (Phi) is 6.29. The number of carbonyl (C=O) groups excluding carboxylic acids is 1. The number of nitriles is 1. The molecule has 1 aromatic carbocycles. The number of rotatable bonds is 8. The summed E-state index contributed by atoms with van der Waals surface area (Å²) < 4.78 is 7.25. The molecule has 0 fully saturated rings. The lowest BCUT2D eigenvalue weighted by Gasteiger charge is -2.19. The summed E-state index contributed by atoms with van der Waals surface area (Å²) in [5.74, 6) is 1.37. The van der Waals surface area contributed by atoms with E-state index in [0.717, 1.165) is 11.3 Å². The van der Waals surface area contributed by atoms with Gasteiger partial charge < -0.3 is 4.42 Å². The molecular formula is C20H19N5O2S. The van der Waals surface area contributed by atoms with Gasteiger partial charge in [0.15, 0.2) is 11.0 Å². The summed E-state index contributed by atoms with van der Waals surface area (Å²) in [6.45, 7) is 6.14. The number of thioether (sulfide) groups is 1. The standard InChI is InChI=1S/C20H19N5O2S/c1-3-11-25-19(17-9-13-27-15(17)2)22-23-20(25)28-14-18(26)24(12-10-21)16-7-5-4-6-8-16/h3-9,13H,1,11-12,14H2,2H3. The van der Waals surface area contributed by atoms with E-state index < -0.39 is 0 Å². The molecule has 0 radical (unpaired) electrons. The smallest absolute Gasteiger partial charge is 0.238 e. The third-order valence-corrected chi connectivity index (χ3v) is 5.00. The van der Waals surface area contributed by atoms with E-state index in [9.17, 15) is 4.79 Å². The number of carbonyl (C=O) groups is 1. The van der Waals surface area contributed by atoms with Crippen molar-refractivity contribution < 1.29 is 9.21 Å². The molecule has 7 nitrogen and oxygen atoms in total. The van der Waals surface area contributed by atoms with E-state index >= 15 is 0 Å². The molecule has 0 aliphatic rings. The van der Waals surface area contributed by atoms with Crippen LogP contribution in [-0.2, 0) is 11.3 Å². The monoisotopic (exact) mass is 393 g/mol. The number of benzene rings is 1. The number of anilines is 1. The number of aryl methyl sites for hydroxylation is 1. The second kappa shape index (κ2) is 9.06. The molecule has 2 heterocycles. The molecule has 0 bridgehead atoms. The minimum absolute atomic E-state index is 0.0117. The van der Waals surface area contributed by atoms with Gasteiger partial charge in [0.25, 0.3) is 0 Å². The van der Waals surface area contributed by atoms with Crippen molar-refractivity contribution in [2.45, 2.75) is 18.6 Å². The zero-order valence-electron chi connectivity index (χ0n) is 15.4. The highest BCUT2D eigenvalue weighted by atomic mass is 32.2. The topological polar surface area (TPSA) is 88.0 Å². The van der Waals surface area contributed by atoms with Crippen LogP contribution in [0.1, 0.15) is 5.76 Å². The van der Waals surface area contributed by atoms with E-state index in [0.29, 0.717) is 23.2 Å². The van der Waals surface area contributed by atoms with E-state index in [2.05, 4.69) is 16.8 Å². The fourth-order valence-corrected chi connectivity index (χ4v) is 3.54. The second-order valence-electron chi connectivity index (χ2n) is 5.86. The summed E-state index contributed by atoms with van der Waals surface area (Å²) in [5.41, 5.74) is 1.54. The summed E-state index contributed by atoms with van der Waals surface area (Å²) in [4.78, 5) is 14.2. The maximum atomic E-state index is 12.7. The molecule has 0 N–H and O–H groups in total. The van der Waals surface area contributed by atoms with Crippen molar-refractivity contribution in [2.24, 2.45) is 0 Å². The van der Waals surface area contributed by atoms with Crippen LogP contribution in [0.4, 0.5) is 5.69 Å². The number of nitrogens with zero attached hydrogens (tertiary/aromatic N) is 5. The van der Waals surface area contributed by atoms with Crippen molar-refractivity contribution >= 4 is 23.4 Å². The highest BCUT2D eigenvalue weighted by Gasteiger charge is 2.20. The van der Waals surface area contributed by atoms with Crippen LogP contribution in [-0.4, -0.2) is 33.0 Å². The number of hydrogen-bond donors (Lipinski definition) is 0. The quantitative estimate of drug-likeness (QED) is 0.330. The first-order valence-corrected chi connectivity index (χ1v) is 9.58. The Labute approximate surface area is 167 Å². The van der Waals surface area contributed by atoms with Gasteiger partial charge in [0.1, 0.15) is 12.3 Å². The first kappa shape index (κ1) is 19.5. The molecular weight excluding hydrogens is 374 g/mol. The zero-order valence-corrected chi connectivity index (χ0v) is 16.2. The highest BCUT2D eigenvalue weighted by Crippen LogP contribution is 2.27. The van der Waals surface area contributed by atoms with E-state index in [1.54, 1.807) is 24.5 Å². The van der Waals surface area contributed by atoms with Gasteiger partial charge in [-0.1, -0.05) is 36.0 Å². The number of amides is 1. The van der Waals surface area contributed by atoms with Gasteiger partial charge in [-0.25, -0.2) is 0 Å². The van der Waals surface area contributed by atoms with Crippen LogP contribution in [0.2, 0.25) is 0 Å². The Morgan fingerprint density at radius 2 is 2.14 bits per heavy atom. The normalized spacial score (nSPS) is 10.4. The van der Waals surface area contributed by atoms with Crippen molar-refractivity contribution in [1.29, 1.82) is 5.26 Å². The molecule has 0 aliphatic carbocycles. The van der Waals surface area contributed by atoms with Gasteiger partial charge in [0.2, 0.25) is 5.91 Å². The Hall–Kier alpha value is -3.31. The van der Waals surface area contributed by atoms with Crippen LogP contribution in [0, 0.1) is 18.3 Å². The molecule has 0 saturated heterocycles. The molecule has 2 aromatic heterocycles. The first-order valence-electron chi connectivity index (χ1n) is 8.59. The van der Waals surface area contributed by atoms with E-state index in [-0.39, 0.29) is 18.2 Å². The van der Waals surface area contributed by atoms with Crippen LogP contribution in [0.3, 0.4) is 0 Å². The maximum Gasteiger partial charge on any atom is 0.238 e. The minimum atomic E-state index is -0.174. The Morgan fingerprint density at radius 1 is 1.36 bits per heavy atom. The Bertz CT molecular complexity index is 1000. The maximum absolute atomic E-state index is 12.7. The highest BCUT2D eigenvalue weighted by molar-refractivity contribution is 7.99. The summed E-state index contributed by atoms with van der Waals surface area (Å²) in [6, 6.07) is 13.0. The van der Waals surface area contributed by atoms with Crippen LogP contribution >= 0.6 is 11.8 Å². The lowest BCUT2D eigenvalue weighted by Crippen LogP contribution is -2.32. The number of para-hydroxylation sites is 1. The van der Waals surface area contributed by atoms with Crippen molar-refractivity contribution in [3.8, 4) is 17.5 Å². The first-order chi connectivity index (χ1) is 13.7. The third-order valence-electron chi connectivity index (χ3n) is 4.05. The number of furan rings is 1. The van der Waals surface area contributed by atoms with Crippen molar-refractivity contribution in [2.75, 3.05) is 17.2 Å². The summed E-state index contributed by atoms with van der Waals surface area (Å²) in [6.07, 6.45) is 3.35. The average Bonchev–Trinajstić information content (AvgIpc) is 3.31. The minimum Gasteiger partial charge on any atom is -0.469 e. The van der Waals surface area contributed by atoms with Crippen molar-refractivity contribution in [1.82, 2.24) is 14.8 Å². The van der Waals surface area contributed by atoms with Crippen molar-refractivity contribution in [3.05, 3.63) is 61.1 Å². The molecule has 3 rings (SSSR count). The van der Waals surface area contributed by atoms with Gasteiger partial charge in [0.05, 0.1) is 23.6 Å². The number of aromatic nitrogens is 3. The van der Waals surface area contributed by atoms with Crippen molar-refractivity contribution in [3.63, 3.8) is 0 Å². The lowest BCUT2D eigenvalue weighted by molar-refractivity contribution is -0.116. The predicted octanol–water partition coefficient (Wildman–Crippen LogP) is 3.68. The summed E-state index contributed by atoms with van der Waals surface area (Å²) >= 11 is 1.28. The van der Waals surface area contributed by atoms with Gasteiger partial charge in [-0.05, 0) is 25.1 Å². The second-order valence-corrected chi connectivity index (χ2v) is 6.80. The average molecular weight is 393 g/mol. The van der Waals surface area contributed by atoms with Crippen LogP contribution in [0.25, 0.3) is 11.4 Å². The van der Waals surface area contributed by atoms with Gasteiger partial charge >= 0.3 is 0 Å². The van der Waals surface area contributed by atoms with Gasteiger partial charge in [-0.15, -0.1) is 16.8 Å². The molecule has 0 unspecified atom stereocenters. The van der Waals surface area contributed by atoms with Gasteiger partial charge in [-0.2, -0.15) is 5.26 Å². The largest absolute Gasteiger partial charge is 0.469 e. The zero-order chi connectivity index (χ0) is 19.9. The molecule has 0 spiro atoms. The molecule has 1 amide bonds. The number of allylic oxidation sites excluding steroid dienone is 1. The van der Waals surface area contributed by atoms with E-state index in [1.165, 1.54) is 16.7 Å². The van der Waals surface area contributed by atoms with Gasteiger partial charge in [-0.3, -0.25) is 14.3 Å². The predicted molar refractivity (Wildman–Crippen MR) is 108 cm³/mol. The van der Waals surface area contributed by atoms with Crippen LogP contribution < -0.4 is 4.90 Å². The molecule has 3 aromatic rings. The summed E-state index contributed by atoms with van der Waals surface area (Å²) in [7, 11) is 0. The molecule has 0 saturated carbocycles. The Morgan fingerprint density at radius 3 is 2.79 bits per heavy atom. The van der Waals surface area contributed by atoms with Crippen LogP contribution in [0.5, 0.6) is 0 Å². The SMILES string of the molecule is C=CCn1c(SCC(=O)N(CC#N)c2ccccc2)nnc1-c1ccoc1C. The van der Waals surface area contributed by atoms with Gasteiger partial charge in [0, 0.05) is 12.2 Å². The molecule has 28 heavy (non-hydrogen) atoms.